The summed E-state index contributed by atoms with van der Waals surface area (Å²) in [6.45, 7) is 0. The first kappa shape index (κ1) is 13.4. The lowest BCUT2D eigenvalue weighted by Crippen LogP contribution is -2.28. The van der Waals surface area contributed by atoms with Crippen LogP contribution in [0.2, 0.25) is 20.1 Å². The number of benzene rings is 1. The summed E-state index contributed by atoms with van der Waals surface area (Å²) in [6, 6.07) is 1.26. The van der Waals surface area contributed by atoms with Gasteiger partial charge in [0, 0.05) is 0 Å². The van der Waals surface area contributed by atoms with Crippen LogP contribution in [0.25, 0.3) is 0 Å². The van der Waals surface area contributed by atoms with Crippen LogP contribution < -0.4 is 10.8 Å². The Morgan fingerprint density at radius 3 is 2.29 bits per heavy atom. The number of rotatable bonds is 1. The molecule has 2 rings (SSSR count). The largest absolute Gasteiger partial charge is 0.440 e. The van der Waals surface area contributed by atoms with E-state index in [-0.39, 0.29) is 25.8 Å². The van der Waals surface area contributed by atoms with E-state index in [0.717, 1.165) is 0 Å². The third-order valence-electron chi connectivity index (χ3n) is 1.69. The topological polar surface area (TPSA) is 67.9 Å². The first-order valence-electron chi connectivity index (χ1n) is 3.83. The minimum Gasteiger partial charge on any atom is -0.165 e. The van der Waals surface area contributed by atoms with Crippen molar-refractivity contribution in [3.8, 4) is 0 Å². The van der Waals surface area contributed by atoms with E-state index in [9.17, 15) is 8.42 Å². The lowest BCUT2D eigenvalue weighted by molar-refractivity contribution is 0.198. The van der Waals surface area contributed by atoms with Crippen LogP contribution in [0.5, 0.6) is 0 Å². The van der Waals surface area contributed by atoms with Gasteiger partial charge in [-0.3, -0.25) is 0 Å². The molecular formula is C6H2Cl4N2O4S. The summed E-state index contributed by atoms with van der Waals surface area (Å²) in [7, 11) is -4.16. The molecule has 0 amide bonds. The van der Waals surface area contributed by atoms with Crippen molar-refractivity contribution >= 4 is 62.5 Å². The molecule has 0 saturated carbocycles. The second-order valence-corrected chi connectivity index (χ2v) is 5.44. The van der Waals surface area contributed by atoms with Crippen molar-refractivity contribution in [2.75, 3.05) is 5.17 Å². The molecule has 1 aliphatic heterocycles. The molecule has 0 bridgehead atoms. The highest BCUT2D eigenvalue weighted by atomic mass is 35.5. The minimum atomic E-state index is -4.16. The summed E-state index contributed by atoms with van der Waals surface area (Å²) in [5, 5.41) is 0.682. The van der Waals surface area contributed by atoms with Crippen molar-refractivity contribution in [3.63, 3.8) is 0 Å². The zero-order valence-electron chi connectivity index (χ0n) is 7.58. The minimum absolute atomic E-state index is 0.0344. The third kappa shape index (κ3) is 2.56. The molecule has 0 aliphatic carbocycles. The van der Waals surface area contributed by atoms with Crippen molar-refractivity contribution in [1.82, 2.24) is 5.59 Å². The third-order valence-corrected chi connectivity index (χ3v) is 4.04. The molecular weight excluding hydrogens is 338 g/mol. The number of halogens is 4. The van der Waals surface area contributed by atoms with Crippen LogP contribution in [0.3, 0.4) is 0 Å². The first-order chi connectivity index (χ1) is 7.82. The predicted octanol–water partition coefficient (Wildman–Crippen LogP) is 2.73. The van der Waals surface area contributed by atoms with E-state index < -0.39 is 10.4 Å². The smallest absolute Gasteiger partial charge is 0.165 e. The number of nitrogens with one attached hydrogen (secondary N) is 1. The van der Waals surface area contributed by atoms with Gasteiger partial charge in [0.05, 0.1) is 20.1 Å². The van der Waals surface area contributed by atoms with E-state index in [0.29, 0.717) is 5.17 Å². The molecule has 0 unspecified atom stereocenters. The highest BCUT2D eigenvalue weighted by Crippen LogP contribution is 2.42. The zero-order valence-corrected chi connectivity index (χ0v) is 11.4. The van der Waals surface area contributed by atoms with Crippen LogP contribution in [0.1, 0.15) is 0 Å². The standard InChI is InChI=1S/C6H2Cl4N2O4S/c7-2-1-3(5(9)6(10)4(2)8)12-11-15-17(13,14)16-12/h1,11H. The van der Waals surface area contributed by atoms with Crippen molar-refractivity contribution in [2.45, 2.75) is 0 Å². The van der Waals surface area contributed by atoms with Crippen LogP contribution in [0.15, 0.2) is 6.07 Å². The Labute approximate surface area is 116 Å². The number of anilines is 1. The molecule has 1 aromatic rings. The molecule has 1 aliphatic rings. The summed E-state index contributed by atoms with van der Waals surface area (Å²) in [4.78, 5) is 0. The van der Waals surface area contributed by atoms with Gasteiger partial charge >= 0.3 is 10.4 Å². The molecule has 0 radical (unpaired) electrons. The van der Waals surface area contributed by atoms with Crippen LogP contribution >= 0.6 is 46.4 Å². The van der Waals surface area contributed by atoms with Gasteiger partial charge in [-0.2, -0.15) is 8.42 Å². The molecule has 1 saturated heterocycles. The lowest BCUT2D eigenvalue weighted by atomic mass is 10.3. The van der Waals surface area contributed by atoms with Gasteiger partial charge < -0.3 is 0 Å². The second kappa shape index (κ2) is 4.60. The fourth-order valence-corrected chi connectivity index (χ4v) is 2.35. The summed E-state index contributed by atoms with van der Waals surface area (Å²) in [5.41, 5.74) is 1.99. The van der Waals surface area contributed by atoms with Crippen LogP contribution in [-0.2, 0) is 19.0 Å². The number of hydrazine groups is 1. The summed E-state index contributed by atoms with van der Waals surface area (Å²) in [6.07, 6.45) is 0. The fraction of sp³-hybridized carbons (Fsp3) is 0. The monoisotopic (exact) mass is 338 g/mol. The van der Waals surface area contributed by atoms with Gasteiger partial charge in [0.25, 0.3) is 0 Å². The molecule has 1 N–H and O–H groups in total. The summed E-state index contributed by atoms with van der Waals surface area (Å²) >= 11 is 23.2. The molecule has 1 heterocycles. The Kier molecular flexibility index (Phi) is 3.64. The molecule has 17 heavy (non-hydrogen) atoms. The average Bonchev–Trinajstić information content (AvgIpc) is 2.61. The number of nitrogens with zero attached hydrogens (tertiary/aromatic N) is 1. The van der Waals surface area contributed by atoms with Gasteiger partial charge in [-0.05, 0) is 6.07 Å². The maximum absolute atomic E-state index is 10.9. The van der Waals surface area contributed by atoms with E-state index >= 15 is 0 Å². The molecule has 0 aromatic heterocycles. The zero-order chi connectivity index (χ0) is 12.8. The second-order valence-electron chi connectivity index (χ2n) is 2.77. The van der Waals surface area contributed by atoms with E-state index in [4.69, 9.17) is 46.4 Å². The van der Waals surface area contributed by atoms with Crippen molar-refractivity contribution in [2.24, 2.45) is 0 Å². The Morgan fingerprint density at radius 2 is 1.76 bits per heavy atom. The van der Waals surface area contributed by atoms with Gasteiger partial charge in [-0.25, -0.2) is 0 Å². The quantitative estimate of drug-likeness (QED) is 0.626. The molecule has 0 atom stereocenters. The lowest BCUT2D eigenvalue weighted by Gasteiger charge is -2.15. The molecule has 0 spiro atoms. The van der Waals surface area contributed by atoms with E-state index in [1.54, 1.807) is 0 Å². The maximum atomic E-state index is 10.9. The van der Waals surface area contributed by atoms with Gasteiger partial charge in [0.1, 0.15) is 5.69 Å². The van der Waals surface area contributed by atoms with Gasteiger partial charge in [0.15, 0.2) is 0 Å². The molecule has 11 heteroatoms. The Bertz CT molecular complexity index is 578. The predicted molar refractivity (Wildman–Crippen MR) is 63.2 cm³/mol. The summed E-state index contributed by atoms with van der Waals surface area (Å²) < 4.78 is 30.3. The van der Waals surface area contributed by atoms with E-state index in [2.05, 4.69) is 8.57 Å². The molecule has 6 nitrogen and oxygen atoms in total. The van der Waals surface area contributed by atoms with Gasteiger partial charge in [0.2, 0.25) is 0 Å². The van der Waals surface area contributed by atoms with Crippen molar-refractivity contribution in [3.05, 3.63) is 26.2 Å². The molecule has 1 aromatic carbocycles. The fourth-order valence-electron chi connectivity index (χ4n) is 0.999. The normalized spacial score (nSPS) is 18.7. The highest BCUT2D eigenvalue weighted by molar-refractivity contribution is 7.82. The van der Waals surface area contributed by atoms with Crippen molar-refractivity contribution in [1.29, 1.82) is 0 Å². The van der Waals surface area contributed by atoms with Crippen molar-refractivity contribution < 1.29 is 17.0 Å². The van der Waals surface area contributed by atoms with Crippen LogP contribution in [0.4, 0.5) is 5.69 Å². The van der Waals surface area contributed by atoms with Crippen LogP contribution in [-0.4, -0.2) is 8.42 Å². The summed E-state index contributed by atoms with van der Waals surface area (Å²) in [5.74, 6) is 0. The molecule has 1 fully saturated rings. The highest BCUT2D eigenvalue weighted by Gasteiger charge is 2.31. The average molecular weight is 340 g/mol. The molecule has 94 valence electrons. The van der Waals surface area contributed by atoms with E-state index in [1.165, 1.54) is 6.07 Å². The maximum Gasteiger partial charge on any atom is 0.440 e. The Balaban J connectivity index is 2.48. The number of hydrogen-bond donors (Lipinski definition) is 1. The number of hydrogen-bond acceptors (Lipinski definition) is 6. The Morgan fingerprint density at radius 1 is 1.12 bits per heavy atom. The first-order valence-corrected chi connectivity index (χ1v) is 6.68. The van der Waals surface area contributed by atoms with Gasteiger partial charge in [-0.1, -0.05) is 52.0 Å². The Hall–Kier alpha value is 0.01000. The van der Waals surface area contributed by atoms with E-state index in [1.807, 2.05) is 5.59 Å². The van der Waals surface area contributed by atoms with Crippen LogP contribution in [0, 0.1) is 0 Å². The van der Waals surface area contributed by atoms with Gasteiger partial charge in [-0.15, -0.1) is 13.7 Å². The SMILES string of the molecule is O=S1(=O)ONN(c2cc(Cl)c(Cl)c(Cl)c2Cl)O1.